The van der Waals surface area contributed by atoms with Crippen LogP contribution in [0.25, 0.3) is 0 Å². The van der Waals surface area contributed by atoms with Gasteiger partial charge >= 0.3 is 0 Å². The second-order valence-corrected chi connectivity index (χ2v) is 6.09. The van der Waals surface area contributed by atoms with Gasteiger partial charge in [0, 0.05) is 25.7 Å². The van der Waals surface area contributed by atoms with Crippen LogP contribution in [0.3, 0.4) is 0 Å². The fourth-order valence-corrected chi connectivity index (χ4v) is 3.24. The zero-order valence-corrected chi connectivity index (χ0v) is 13.9. The molecule has 108 valence electrons. The summed E-state index contributed by atoms with van der Waals surface area (Å²) in [6.07, 6.45) is 1.29. The Morgan fingerprint density at radius 3 is 2.74 bits per heavy atom. The third-order valence-electron chi connectivity index (χ3n) is 3.78. The van der Waals surface area contributed by atoms with Gasteiger partial charge in [-0.05, 0) is 43.1 Å². The van der Waals surface area contributed by atoms with Gasteiger partial charge in [-0.2, -0.15) is 5.10 Å². The summed E-state index contributed by atoms with van der Waals surface area (Å²) in [7, 11) is 0. The topological polar surface area (TPSA) is 30.3 Å². The quantitative estimate of drug-likeness (QED) is 0.850. The summed E-state index contributed by atoms with van der Waals surface area (Å²) < 4.78 is 9.00. The molecule has 19 heavy (non-hydrogen) atoms. The monoisotopic (exact) mass is 329 g/mol. The van der Waals surface area contributed by atoms with Crippen LogP contribution in [0.1, 0.15) is 39.1 Å². The number of ether oxygens (including phenoxy) is 1. The third kappa shape index (κ3) is 3.20. The number of nitrogens with zero attached hydrogens (tertiary/aromatic N) is 3. The van der Waals surface area contributed by atoms with Crippen LogP contribution in [0.2, 0.25) is 0 Å². The average molecular weight is 330 g/mol. The normalized spacial score (nSPS) is 24.9. The summed E-state index contributed by atoms with van der Waals surface area (Å²) in [5.74, 6) is 0. The van der Waals surface area contributed by atoms with E-state index >= 15 is 0 Å². The van der Waals surface area contributed by atoms with Gasteiger partial charge < -0.3 is 4.74 Å². The maximum absolute atomic E-state index is 5.70. The molecule has 1 aliphatic rings. The second-order valence-electron chi connectivity index (χ2n) is 5.30. The number of halogens is 1. The minimum Gasteiger partial charge on any atom is -0.376 e. The van der Waals surface area contributed by atoms with E-state index in [0.717, 1.165) is 38.4 Å². The SMILES string of the molecule is CCc1nn(CC)c(CN2CC(C)OCC2C)c1Br. The first-order valence-corrected chi connectivity index (χ1v) is 7.95. The van der Waals surface area contributed by atoms with Crippen LogP contribution in [-0.2, 0) is 24.2 Å². The molecule has 0 N–H and O–H groups in total. The van der Waals surface area contributed by atoms with Crippen LogP contribution >= 0.6 is 15.9 Å². The lowest BCUT2D eigenvalue weighted by atomic mass is 10.2. The highest BCUT2D eigenvalue weighted by atomic mass is 79.9. The van der Waals surface area contributed by atoms with Crippen molar-refractivity contribution in [2.45, 2.75) is 59.4 Å². The molecule has 1 saturated heterocycles. The van der Waals surface area contributed by atoms with E-state index in [0.29, 0.717) is 12.1 Å². The zero-order valence-electron chi connectivity index (χ0n) is 12.3. The first-order chi connectivity index (χ1) is 9.06. The minimum atomic E-state index is 0.318. The molecule has 1 aromatic heterocycles. The first kappa shape index (κ1) is 15.0. The lowest BCUT2D eigenvalue weighted by Crippen LogP contribution is -2.47. The van der Waals surface area contributed by atoms with Gasteiger partial charge in [0.15, 0.2) is 0 Å². The molecule has 2 unspecified atom stereocenters. The standard InChI is InChI=1S/C14H24BrN3O/c1-5-12-14(15)13(18(6-2)16-12)8-17-7-11(4)19-9-10(17)3/h10-11H,5-9H2,1-4H3. The second kappa shape index (κ2) is 6.37. The van der Waals surface area contributed by atoms with Crippen LogP contribution < -0.4 is 0 Å². The van der Waals surface area contributed by atoms with Gasteiger partial charge in [0.25, 0.3) is 0 Å². The van der Waals surface area contributed by atoms with Crippen molar-refractivity contribution in [2.75, 3.05) is 13.2 Å². The summed E-state index contributed by atoms with van der Waals surface area (Å²) in [4.78, 5) is 2.49. The molecular weight excluding hydrogens is 306 g/mol. The Balaban J connectivity index is 2.19. The van der Waals surface area contributed by atoms with Crippen molar-refractivity contribution >= 4 is 15.9 Å². The van der Waals surface area contributed by atoms with E-state index in [4.69, 9.17) is 4.74 Å². The summed E-state index contributed by atoms with van der Waals surface area (Å²) in [6.45, 7) is 12.3. The van der Waals surface area contributed by atoms with Crippen molar-refractivity contribution in [3.63, 3.8) is 0 Å². The van der Waals surface area contributed by atoms with Crippen LogP contribution in [0.15, 0.2) is 4.47 Å². The fraction of sp³-hybridized carbons (Fsp3) is 0.786. The number of aromatic nitrogens is 2. The minimum absolute atomic E-state index is 0.318. The summed E-state index contributed by atoms with van der Waals surface area (Å²) in [6, 6.07) is 0.466. The van der Waals surface area contributed by atoms with Crippen LogP contribution in [-0.4, -0.2) is 40.0 Å². The van der Waals surface area contributed by atoms with E-state index in [9.17, 15) is 0 Å². The molecular formula is C14H24BrN3O. The highest BCUT2D eigenvalue weighted by Gasteiger charge is 2.26. The van der Waals surface area contributed by atoms with Crippen LogP contribution in [0.4, 0.5) is 0 Å². The molecule has 0 aliphatic carbocycles. The Kier molecular flexibility index (Phi) is 5.03. The molecule has 2 rings (SSSR count). The van der Waals surface area contributed by atoms with Gasteiger partial charge in [-0.15, -0.1) is 0 Å². The number of hydrogen-bond acceptors (Lipinski definition) is 3. The van der Waals surface area contributed by atoms with Crippen molar-refractivity contribution in [1.29, 1.82) is 0 Å². The van der Waals surface area contributed by atoms with Crippen LogP contribution in [0.5, 0.6) is 0 Å². The lowest BCUT2D eigenvalue weighted by Gasteiger charge is -2.36. The van der Waals surface area contributed by atoms with Crippen molar-refractivity contribution in [2.24, 2.45) is 0 Å². The zero-order chi connectivity index (χ0) is 14.0. The van der Waals surface area contributed by atoms with Crippen molar-refractivity contribution in [3.8, 4) is 0 Å². The molecule has 0 spiro atoms. The summed E-state index contributed by atoms with van der Waals surface area (Å²) in [5.41, 5.74) is 2.45. The Morgan fingerprint density at radius 2 is 2.11 bits per heavy atom. The number of aryl methyl sites for hydroxylation is 2. The van der Waals surface area contributed by atoms with Crippen LogP contribution in [0, 0.1) is 0 Å². The molecule has 2 atom stereocenters. The van der Waals surface area contributed by atoms with Gasteiger partial charge in [0.05, 0.1) is 28.6 Å². The van der Waals surface area contributed by atoms with E-state index in [1.54, 1.807) is 0 Å². The molecule has 1 aromatic rings. The lowest BCUT2D eigenvalue weighted by molar-refractivity contribution is -0.0535. The van der Waals surface area contributed by atoms with Crippen molar-refractivity contribution in [1.82, 2.24) is 14.7 Å². The third-order valence-corrected chi connectivity index (χ3v) is 4.70. The smallest absolute Gasteiger partial charge is 0.0767 e. The number of rotatable bonds is 4. The van der Waals surface area contributed by atoms with Crippen molar-refractivity contribution in [3.05, 3.63) is 15.9 Å². The Bertz CT molecular complexity index is 433. The first-order valence-electron chi connectivity index (χ1n) is 7.16. The van der Waals surface area contributed by atoms with Gasteiger partial charge in [0.1, 0.15) is 0 Å². The molecule has 0 saturated carbocycles. The van der Waals surface area contributed by atoms with Gasteiger partial charge in [0.2, 0.25) is 0 Å². The van der Waals surface area contributed by atoms with E-state index in [2.05, 4.69) is 58.3 Å². The summed E-state index contributed by atoms with van der Waals surface area (Å²) in [5, 5.41) is 4.67. The largest absolute Gasteiger partial charge is 0.376 e. The van der Waals surface area contributed by atoms with E-state index < -0.39 is 0 Å². The number of hydrogen-bond donors (Lipinski definition) is 0. The fourth-order valence-electron chi connectivity index (χ4n) is 2.55. The maximum Gasteiger partial charge on any atom is 0.0767 e. The molecule has 1 fully saturated rings. The molecule has 0 aromatic carbocycles. The van der Waals surface area contributed by atoms with E-state index in [1.807, 2.05) is 0 Å². The van der Waals surface area contributed by atoms with Crippen molar-refractivity contribution < 1.29 is 4.74 Å². The number of morpholine rings is 1. The van der Waals surface area contributed by atoms with Gasteiger partial charge in [-0.3, -0.25) is 9.58 Å². The molecule has 4 nitrogen and oxygen atoms in total. The van der Waals surface area contributed by atoms with E-state index in [1.165, 1.54) is 10.2 Å². The summed E-state index contributed by atoms with van der Waals surface area (Å²) >= 11 is 3.72. The predicted octanol–water partition coefficient (Wildman–Crippen LogP) is 2.84. The molecule has 0 bridgehead atoms. The maximum atomic E-state index is 5.70. The molecule has 2 heterocycles. The highest BCUT2D eigenvalue weighted by Crippen LogP contribution is 2.25. The Labute approximate surface area is 124 Å². The average Bonchev–Trinajstić information content (AvgIpc) is 2.70. The molecule has 0 radical (unpaired) electrons. The Hall–Kier alpha value is -0.390. The van der Waals surface area contributed by atoms with Gasteiger partial charge in [-0.25, -0.2) is 0 Å². The molecule has 0 amide bonds. The van der Waals surface area contributed by atoms with E-state index in [-0.39, 0.29) is 0 Å². The molecule has 5 heteroatoms. The van der Waals surface area contributed by atoms with Gasteiger partial charge in [-0.1, -0.05) is 6.92 Å². The highest BCUT2D eigenvalue weighted by molar-refractivity contribution is 9.10. The molecule has 1 aliphatic heterocycles. The Morgan fingerprint density at radius 1 is 1.37 bits per heavy atom. The predicted molar refractivity (Wildman–Crippen MR) is 80.3 cm³/mol.